The average Bonchev–Trinajstić information content (AvgIpc) is 3.64. The van der Waals surface area contributed by atoms with Crippen molar-refractivity contribution in [1.82, 2.24) is 0 Å². The third kappa shape index (κ3) is 5.62. The third-order valence-corrected chi connectivity index (χ3v) is 6.92. The van der Waals surface area contributed by atoms with Crippen molar-refractivity contribution in [3.05, 3.63) is 35.6 Å². The zero-order valence-electron chi connectivity index (χ0n) is 20.9. The van der Waals surface area contributed by atoms with E-state index in [1.54, 1.807) is 6.08 Å². The second-order valence-electron chi connectivity index (χ2n) is 10.1. The van der Waals surface area contributed by atoms with Crippen molar-refractivity contribution >= 4 is 17.9 Å². The van der Waals surface area contributed by atoms with Crippen molar-refractivity contribution in [2.75, 3.05) is 6.61 Å². The lowest BCUT2D eigenvalue weighted by molar-refractivity contribution is -0.183. The van der Waals surface area contributed by atoms with Gasteiger partial charge in [-0.2, -0.15) is 0 Å². The van der Waals surface area contributed by atoms with Crippen molar-refractivity contribution < 1.29 is 42.8 Å². The van der Waals surface area contributed by atoms with Crippen molar-refractivity contribution in [2.24, 2.45) is 11.8 Å². The van der Waals surface area contributed by atoms with Gasteiger partial charge >= 0.3 is 17.9 Å². The van der Waals surface area contributed by atoms with E-state index in [1.165, 1.54) is 27.0 Å². The van der Waals surface area contributed by atoms with Crippen LogP contribution in [0.4, 0.5) is 0 Å². The Hall–Kier alpha value is -2.65. The lowest BCUT2D eigenvalue weighted by Crippen LogP contribution is -2.45. The molecule has 1 unspecified atom stereocenters. The summed E-state index contributed by atoms with van der Waals surface area (Å²) in [6, 6.07) is 0. The highest BCUT2D eigenvalue weighted by molar-refractivity contribution is 5.68. The van der Waals surface area contributed by atoms with E-state index in [2.05, 4.69) is 6.58 Å². The van der Waals surface area contributed by atoms with Gasteiger partial charge in [0.1, 0.15) is 11.7 Å². The molecule has 0 bridgehead atoms. The number of fused-ring (bicyclic) bond motifs is 3. The van der Waals surface area contributed by atoms with Gasteiger partial charge in [-0.25, -0.2) is 0 Å². The second-order valence-corrected chi connectivity index (χ2v) is 10.1. The van der Waals surface area contributed by atoms with Crippen LogP contribution in [0.1, 0.15) is 53.9 Å². The summed E-state index contributed by atoms with van der Waals surface area (Å²) in [4.78, 5) is 36.0. The Morgan fingerprint density at radius 3 is 2.37 bits per heavy atom. The van der Waals surface area contributed by atoms with Crippen LogP contribution in [0, 0.1) is 11.8 Å². The maximum atomic E-state index is 12.2. The summed E-state index contributed by atoms with van der Waals surface area (Å²) in [7, 11) is 0. The minimum atomic E-state index is -0.924. The fraction of sp³-hybridized carbons (Fsp3) is 0.654. The summed E-state index contributed by atoms with van der Waals surface area (Å²) in [6.07, 6.45) is 2.51. The van der Waals surface area contributed by atoms with Crippen LogP contribution in [0.15, 0.2) is 35.6 Å². The van der Waals surface area contributed by atoms with Crippen LogP contribution in [0.2, 0.25) is 0 Å². The molecule has 3 aliphatic heterocycles. The van der Waals surface area contributed by atoms with Gasteiger partial charge in [0.15, 0.2) is 12.2 Å². The van der Waals surface area contributed by atoms with Gasteiger partial charge in [-0.3, -0.25) is 14.4 Å². The number of ether oxygens (including phenoxy) is 6. The Labute approximate surface area is 205 Å². The molecule has 0 aromatic carbocycles. The number of allylic oxidation sites excluding steroid dienone is 1. The number of rotatable bonds is 6. The molecule has 1 saturated carbocycles. The van der Waals surface area contributed by atoms with Gasteiger partial charge in [0.05, 0.1) is 24.9 Å². The van der Waals surface area contributed by atoms with E-state index in [0.29, 0.717) is 31.4 Å². The first-order valence-corrected chi connectivity index (χ1v) is 12.0. The van der Waals surface area contributed by atoms with Crippen LogP contribution in [-0.4, -0.2) is 60.8 Å². The lowest BCUT2D eigenvalue weighted by Gasteiger charge is -2.41. The molecule has 8 atom stereocenters. The highest BCUT2D eigenvalue weighted by atomic mass is 16.7. The summed E-state index contributed by atoms with van der Waals surface area (Å²) >= 11 is 0. The molecule has 1 spiro atoms. The minimum Gasteiger partial charge on any atom is -0.462 e. The molecule has 3 fully saturated rings. The zero-order chi connectivity index (χ0) is 25.5. The van der Waals surface area contributed by atoms with Crippen LogP contribution in [0.25, 0.3) is 0 Å². The van der Waals surface area contributed by atoms with Gasteiger partial charge < -0.3 is 28.4 Å². The van der Waals surface area contributed by atoms with Gasteiger partial charge in [0, 0.05) is 32.3 Å². The summed E-state index contributed by atoms with van der Waals surface area (Å²) < 4.78 is 34.6. The van der Waals surface area contributed by atoms with Crippen molar-refractivity contribution in [3.8, 4) is 0 Å². The predicted molar refractivity (Wildman–Crippen MR) is 123 cm³/mol. The molecule has 35 heavy (non-hydrogen) atoms. The van der Waals surface area contributed by atoms with Gasteiger partial charge in [0.25, 0.3) is 0 Å². The first-order valence-electron chi connectivity index (χ1n) is 12.0. The molecule has 0 radical (unpaired) electrons. The van der Waals surface area contributed by atoms with E-state index >= 15 is 0 Å². The number of epoxide rings is 2. The molecule has 0 N–H and O–H groups in total. The highest BCUT2D eigenvalue weighted by Crippen LogP contribution is 2.54. The quantitative estimate of drug-likeness (QED) is 0.240. The van der Waals surface area contributed by atoms with E-state index < -0.39 is 42.3 Å². The summed E-state index contributed by atoms with van der Waals surface area (Å²) in [5.41, 5.74) is 2.03. The maximum Gasteiger partial charge on any atom is 0.305 e. The highest BCUT2D eigenvalue weighted by Gasteiger charge is 2.64. The third-order valence-electron chi connectivity index (χ3n) is 6.92. The molecule has 0 aromatic heterocycles. The van der Waals surface area contributed by atoms with E-state index in [4.69, 9.17) is 28.4 Å². The fourth-order valence-electron chi connectivity index (χ4n) is 5.39. The van der Waals surface area contributed by atoms with E-state index in [1.807, 2.05) is 13.8 Å². The molecule has 0 amide bonds. The van der Waals surface area contributed by atoms with Crippen molar-refractivity contribution in [2.45, 2.75) is 90.2 Å². The molecule has 4 rings (SSSR count). The van der Waals surface area contributed by atoms with Crippen LogP contribution in [0.3, 0.4) is 0 Å². The van der Waals surface area contributed by atoms with Crippen LogP contribution < -0.4 is 0 Å². The molecule has 3 heterocycles. The van der Waals surface area contributed by atoms with Gasteiger partial charge in [0.2, 0.25) is 6.29 Å². The Kier molecular flexibility index (Phi) is 7.11. The number of hydrogen-bond acceptors (Lipinski definition) is 9. The summed E-state index contributed by atoms with van der Waals surface area (Å²) in [5, 5.41) is 0. The van der Waals surface area contributed by atoms with Crippen LogP contribution in [-0.2, 0) is 42.8 Å². The molecule has 192 valence electrons. The van der Waals surface area contributed by atoms with E-state index in [9.17, 15) is 14.4 Å². The fourth-order valence-corrected chi connectivity index (χ4v) is 5.39. The molecule has 4 aliphatic rings. The zero-order valence-corrected chi connectivity index (χ0v) is 20.9. The Bertz CT molecular complexity index is 956. The molecule has 0 aromatic rings. The maximum absolute atomic E-state index is 12.2. The molecular formula is C26H34O9. The van der Waals surface area contributed by atoms with Gasteiger partial charge in [-0.15, -0.1) is 0 Å². The standard InChI is InChI=1S/C26H34O9/c1-13(2)9-20(32-15(4)27)23(33-16(5)28)19-11-30-25(34-17(6)29)22-14(3)10-21-24(35-21)26(12-31-26)8-7-18(19)22/h9,11,18,20-25H,3,7-8,10,12H2,1-2,4-6H3/t18-,20-,21+,22+,23?,24+,25-,26-/m1/s1. The molecule has 1 aliphatic carbocycles. The summed E-state index contributed by atoms with van der Waals surface area (Å²) in [5.74, 6) is -2.16. The number of carbonyl (C=O) groups is 3. The SMILES string of the molecule is C=C1C[C@@H]2O[C@@H]2[C@@]2(CC[C@@H]3C(C(OC(C)=O)[C@@H](C=C(C)C)OC(C)=O)=CO[C@H](OC(C)=O)[C@@H]13)CO2. The number of hydrogen-bond donors (Lipinski definition) is 0. The molecular weight excluding hydrogens is 456 g/mol. The topological polar surface area (TPSA) is 113 Å². The van der Waals surface area contributed by atoms with Crippen molar-refractivity contribution in [3.63, 3.8) is 0 Å². The van der Waals surface area contributed by atoms with Gasteiger partial charge in [-0.05, 0) is 39.2 Å². The Morgan fingerprint density at radius 1 is 1.11 bits per heavy atom. The van der Waals surface area contributed by atoms with Crippen LogP contribution >= 0.6 is 0 Å². The number of esters is 3. The lowest BCUT2D eigenvalue weighted by atomic mass is 9.73. The molecule has 2 saturated heterocycles. The average molecular weight is 491 g/mol. The molecule has 9 nitrogen and oxygen atoms in total. The summed E-state index contributed by atoms with van der Waals surface area (Å²) in [6.45, 7) is 12.6. The first kappa shape index (κ1) is 25.4. The number of carbonyl (C=O) groups excluding carboxylic acids is 3. The van der Waals surface area contributed by atoms with Crippen molar-refractivity contribution in [1.29, 1.82) is 0 Å². The van der Waals surface area contributed by atoms with E-state index in [0.717, 1.165) is 11.1 Å². The predicted octanol–water partition coefficient (Wildman–Crippen LogP) is 3.13. The Morgan fingerprint density at radius 2 is 1.80 bits per heavy atom. The monoisotopic (exact) mass is 490 g/mol. The van der Waals surface area contributed by atoms with Gasteiger partial charge in [-0.1, -0.05) is 17.7 Å². The second kappa shape index (κ2) is 9.78. The smallest absolute Gasteiger partial charge is 0.305 e. The first-order chi connectivity index (χ1) is 16.5. The largest absolute Gasteiger partial charge is 0.462 e. The normalized spacial score (nSPS) is 34.7. The minimum absolute atomic E-state index is 0.000167. The van der Waals surface area contributed by atoms with Crippen LogP contribution in [0.5, 0.6) is 0 Å². The molecule has 9 heteroatoms. The van der Waals surface area contributed by atoms with E-state index in [-0.39, 0.29) is 23.7 Å². The Balaban J connectivity index is 1.75.